The van der Waals surface area contributed by atoms with Crippen molar-refractivity contribution in [3.05, 3.63) is 24.6 Å². The topological polar surface area (TPSA) is 9.23 Å². The van der Waals surface area contributed by atoms with E-state index in [0.717, 1.165) is 6.42 Å². The lowest BCUT2D eigenvalue weighted by Crippen LogP contribution is -2.68. The summed E-state index contributed by atoms with van der Waals surface area (Å²) in [6.45, 7) is 17.3. The molecule has 0 aromatic rings. The molecular weight excluding hydrogens is 228 g/mol. The van der Waals surface area contributed by atoms with Crippen LogP contribution in [0, 0.1) is 0 Å². The summed E-state index contributed by atoms with van der Waals surface area (Å²) in [5, 5.41) is 0. The van der Waals surface area contributed by atoms with Gasteiger partial charge < -0.3 is 4.43 Å². The molecule has 92 valence electrons. The third-order valence-electron chi connectivity index (χ3n) is 4.33. The van der Waals surface area contributed by atoms with Gasteiger partial charge in [0.05, 0.1) is 5.60 Å². The molecule has 0 spiro atoms. The molecular formula is C13H26OSi2. The number of rotatable bonds is 4. The second kappa shape index (κ2) is 4.63. The zero-order valence-electron chi connectivity index (χ0n) is 11.3. The Morgan fingerprint density at radius 2 is 1.69 bits per heavy atom. The van der Waals surface area contributed by atoms with Crippen LogP contribution in [0.1, 0.15) is 34.1 Å². The van der Waals surface area contributed by atoms with Gasteiger partial charge in [0.15, 0.2) is 7.83 Å². The van der Waals surface area contributed by atoms with E-state index in [1.807, 2.05) is 0 Å². The highest BCUT2D eigenvalue weighted by Gasteiger charge is 2.56. The Balaban J connectivity index is 3.19. The van der Waals surface area contributed by atoms with Gasteiger partial charge in [0.25, 0.3) is 0 Å². The second-order valence-corrected chi connectivity index (χ2v) is 18.0. The van der Waals surface area contributed by atoms with Crippen LogP contribution in [0.3, 0.4) is 0 Å². The summed E-state index contributed by atoms with van der Waals surface area (Å²) >= 11 is 0. The molecule has 1 nitrogen and oxygen atoms in total. The minimum Gasteiger partial charge on any atom is -0.414 e. The third kappa shape index (κ3) is 2.00. The Kier molecular flexibility index (Phi) is 4.03. The van der Waals surface area contributed by atoms with Gasteiger partial charge in [-0.1, -0.05) is 25.2 Å². The second-order valence-electron chi connectivity index (χ2n) is 5.51. The van der Waals surface area contributed by atoms with E-state index in [4.69, 9.17) is 4.43 Å². The van der Waals surface area contributed by atoms with E-state index in [9.17, 15) is 0 Å². The fourth-order valence-electron chi connectivity index (χ4n) is 3.12. The van der Waals surface area contributed by atoms with Gasteiger partial charge in [-0.05, 0) is 38.4 Å². The Bertz CT molecular complexity index is 272. The van der Waals surface area contributed by atoms with Crippen molar-refractivity contribution in [1.29, 1.82) is 0 Å². The highest BCUT2D eigenvalue weighted by Crippen LogP contribution is 2.43. The van der Waals surface area contributed by atoms with Gasteiger partial charge in [-0.2, -0.15) is 0 Å². The van der Waals surface area contributed by atoms with E-state index in [1.165, 1.54) is 18.1 Å². The molecule has 16 heavy (non-hydrogen) atoms. The van der Waals surface area contributed by atoms with Crippen LogP contribution in [-0.2, 0) is 4.43 Å². The van der Waals surface area contributed by atoms with Gasteiger partial charge in [0, 0.05) is 0 Å². The van der Waals surface area contributed by atoms with Crippen LogP contribution in [0.2, 0.25) is 18.1 Å². The van der Waals surface area contributed by atoms with Crippen molar-refractivity contribution in [2.75, 3.05) is 0 Å². The molecule has 0 aliphatic carbocycles. The molecule has 1 fully saturated rings. The van der Waals surface area contributed by atoms with Gasteiger partial charge in [-0.3, -0.25) is 0 Å². The summed E-state index contributed by atoms with van der Waals surface area (Å²) in [4.78, 5) is 0. The normalized spacial score (nSPS) is 26.0. The summed E-state index contributed by atoms with van der Waals surface area (Å²) in [5.74, 6) is 0. The van der Waals surface area contributed by atoms with Crippen LogP contribution >= 0.6 is 0 Å². The molecule has 0 aromatic carbocycles. The Labute approximate surface area is 103 Å². The van der Waals surface area contributed by atoms with Crippen LogP contribution in [0.5, 0.6) is 0 Å². The first kappa shape index (κ1) is 13.9. The molecule has 1 rings (SSSR count). The van der Waals surface area contributed by atoms with E-state index in [-0.39, 0.29) is 5.60 Å². The van der Waals surface area contributed by atoms with Gasteiger partial charge in [-0.25, -0.2) is 0 Å². The average Bonchev–Trinajstić information content (AvgIpc) is 2.28. The molecule has 0 atom stereocenters. The molecule has 0 saturated carbocycles. The molecule has 1 aliphatic rings. The Hall–Kier alpha value is -0.126. The first-order chi connectivity index (χ1) is 7.41. The van der Waals surface area contributed by atoms with Crippen LogP contribution in [-0.4, -0.2) is 21.0 Å². The van der Waals surface area contributed by atoms with Gasteiger partial charge in [-0.15, -0.1) is 13.2 Å². The fourth-order valence-corrected chi connectivity index (χ4v) is 18.7. The van der Waals surface area contributed by atoms with Crippen molar-refractivity contribution in [2.45, 2.75) is 57.8 Å². The van der Waals surface area contributed by atoms with Crippen molar-refractivity contribution in [3.63, 3.8) is 0 Å². The molecule has 1 aliphatic heterocycles. The summed E-state index contributed by atoms with van der Waals surface area (Å²) in [7, 11) is -3.20. The highest BCUT2D eigenvalue weighted by molar-refractivity contribution is 7.44. The minimum absolute atomic E-state index is 0.0702. The largest absolute Gasteiger partial charge is 0.414 e. The maximum Gasteiger partial charge on any atom is 0.189 e. The molecule has 0 radical (unpaired) electrons. The van der Waals surface area contributed by atoms with E-state index in [2.05, 4.69) is 52.3 Å². The summed E-state index contributed by atoms with van der Waals surface area (Å²) in [5.41, 5.74) is 4.56. The first-order valence-corrected chi connectivity index (χ1v) is 12.1. The molecule has 0 unspecified atom stereocenters. The van der Waals surface area contributed by atoms with Crippen LogP contribution in [0.15, 0.2) is 24.6 Å². The first-order valence-electron chi connectivity index (χ1n) is 6.38. The van der Waals surface area contributed by atoms with Crippen molar-refractivity contribution in [2.24, 2.45) is 0 Å². The minimum atomic E-state index is -1.64. The van der Waals surface area contributed by atoms with E-state index < -0.39 is 15.4 Å². The van der Waals surface area contributed by atoms with Gasteiger partial charge >= 0.3 is 0 Å². The molecule has 3 heteroatoms. The zero-order valence-corrected chi connectivity index (χ0v) is 13.3. The van der Waals surface area contributed by atoms with Crippen LogP contribution in [0.25, 0.3) is 0 Å². The van der Waals surface area contributed by atoms with Gasteiger partial charge in [0.2, 0.25) is 0 Å². The molecule has 0 N–H and O–H groups in total. The van der Waals surface area contributed by atoms with E-state index >= 15 is 0 Å². The number of hydrogen-bond donors (Lipinski definition) is 0. The van der Waals surface area contributed by atoms with Crippen molar-refractivity contribution in [3.8, 4) is 0 Å². The summed E-state index contributed by atoms with van der Waals surface area (Å²) in [6.07, 6.45) is 1.16. The predicted octanol–water partition coefficient (Wildman–Crippen LogP) is 4.15. The Morgan fingerprint density at radius 1 is 1.19 bits per heavy atom. The lowest BCUT2D eigenvalue weighted by Gasteiger charge is -2.52. The maximum absolute atomic E-state index is 6.62. The Morgan fingerprint density at radius 3 is 2.06 bits per heavy atom. The smallest absolute Gasteiger partial charge is 0.189 e. The molecule has 0 bridgehead atoms. The van der Waals surface area contributed by atoms with Crippen LogP contribution in [0.4, 0.5) is 0 Å². The maximum atomic E-state index is 6.62. The van der Waals surface area contributed by atoms with Crippen molar-refractivity contribution >= 4 is 15.4 Å². The summed E-state index contributed by atoms with van der Waals surface area (Å²) in [6, 6.07) is 3.70. The number of hydrogen-bond acceptors (Lipinski definition) is 1. The average molecular weight is 255 g/mol. The summed E-state index contributed by atoms with van der Waals surface area (Å²) < 4.78 is 6.62. The zero-order chi connectivity index (χ0) is 12.4. The monoisotopic (exact) mass is 254 g/mol. The highest BCUT2D eigenvalue weighted by atomic mass is 29.3. The van der Waals surface area contributed by atoms with E-state index in [0.29, 0.717) is 0 Å². The third-order valence-corrected chi connectivity index (χ3v) is 21.3. The molecule has 1 saturated heterocycles. The van der Waals surface area contributed by atoms with Crippen molar-refractivity contribution in [1.82, 2.24) is 0 Å². The van der Waals surface area contributed by atoms with E-state index in [1.54, 1.807) is 0 Å². The SMILES string of the molecule is C=C[Si]1(C=C)CCC(C)(C)O[Si]1(CC)CC. The van der Waals surface area contributed by atoms with Crippen LogP contribution < -0.4 is 0 Å². The van der Waals surface area contributed by atoms with Gasteiger partial charge in [0.1, 0.15) is 7.59 Å². The fraction of sp³-hybridized carbons (Fsp3) is 0.692. The quantitative estimate of drug-likeness (QED) is 0.685. The lowest BCUT2D eigenvalue weighted by molar-refractivity contribution is 0.0903. The van der Waals surface area contributed by atoms with Crippen molar-refractivity contribution < 1.29 is 4.43 Å². The lowest BCUT2D eigenvalue weighted by atomic mass is 10.1. The molecule has 1 heterocycles. The molecule has 0 aromatic heterocycles. The predicted molar refractivity (Wildman–Crippen MR) is 77.5 cm³/mol. The molecule has 0 amide bonds. The standard InChI is InChI=1S/C13H26OSi2/c1-7-15(8-2)12-11-13(5,6)14-16(15,9-3)10-4/h7-8H,1-2,9-12H2,3-6H3.